The molecule has 136 valence electrons. The molecule has 1 amide bonds. The van der Waals surface area contributed by atoms with Gasteiger partial charge in [0.1, 0.15) is 4.88 Å². The summed E-state index contributed by atoms with van der Waals surface area (Å²) >= 11 is 7.50. The third kappa shape index (κ3) is 5.80. The van der Waals surface area contributed by atoms with Crippen LogP contribution < -0.4 is 0 Å². The first kappa shape index (κ1) is 19.9. The molecule has 0 bridgehead atoms. The molecule has 0 aliphatic heterocycles. The first-order valence-corrected chi connectivity index (χ1v) is 9.75. The highest BCUT2D eigenvalue weighted by Crippen LogP contribution is 2.22. The van der Waals surface area contributed by atoms with Crippen LogP contribution in [0, 0.1) is 6.92 Å². The molecule has 0 radical (unpaired) electrons. The average Bonchev–Trinajstić information content (AvgIpc) is 2.93. The number of aryl methyl sites for hydroxylation is 2. The van der Waals surface area contributed by atoms with Gasteiger partial charge in [-0.1, -0.05) is 30.7 Å². The van der Waals surface area contributed by atoms with Crippen molar-refractivity contribution in [1.82, 2.24) is 14.8 Å². The molecule has 0 aliphatic rings. The Hall–Kier alpha value is -1.43. The quantitative estimate of drug-likeness (QED) is 0.687. The number of carbonyl (C=O) groups excluding carboxylic acids is 1. The Labute approximate surface area is 159 Å². The topological polar surface area (TPSA) is 36.4 Å². The standard InChI is InChI=1S/C19H26ClN3OS/c1-5-6-17-21-14(2)18(25-17)19(24)23(12-11-22(3)4)13-15-7-9-16(20)10-8-15/h7-10H,5-6,11-13H2,1-4H3. The number of benzene rings is 1. The van der Waals surface area contributed by atoms with Crippen LogP contribution in [0.15, 0.2) is 24.3 Å². The summed E-state index contributed by atoms with van der Waals surface area (Å²) in [6, 6.07) is 7.67. The highest BCUT2D eigenvalue weighted by Gasteiger charge is 2.21. The Bertz CT molecular complexity index is 697. The van der Waals surface area contributed by atoms with Crippen molar-refractivity contribution in [2.75, 3.05) is 27.2 Å². The smallest absolute Gasteiger partial charge is 0.266 e. The fraction of sp³-hybridized carbons (Fsp3) is 0.474. The van der Waals surface area contributed by atoms with Crippen LogP contribution in [-0.4, -0.2) is 47.9 Å². The zero-order valence-corrected chi connectivity index (χ0v) is 17.0. The number of likely N-dealkylation sites (N-methyl/N-ethyl adjacent to an activating group) is 1. The van der Waals surface area contributed by atoms with Crippen LogP contribution in [0.3, 0.4) is 0 Å². The van der Waals surface area contributed by atoms with Crippen molar-refractivity contribution in [2.45, 2.75) is 33.2 Å². The summed E-state index contributed by atoms with van der Waals surface area (Å²) in [5.74, 6) is 0.0640. The van der Waals surface area contributed by atoms with Crippen LogP contribution in [-0.2, 0) is 13.0 Å². The molecule has 0 atom stereocenters. The first-order valence-electron chi connectivity index (χ1n) is 8.55. The van der Waals surface area contributed by atoms with E-state index in [1.165, 1.54) is 11.3 Å². The van der Waals surface area contributed by atoms with Crippen molar-refractivity contribution in [3.8, 4) is 0 Å². The molecule has 0 saturated carbocycles. The van der Waals surface area contributed by atoms with Crippen LogP contribution in [0.25, 0.3) is 0 Å². The molecule has 0 fully saturated rings. The molecular formula is C19H26ClN3OS. The summed E-state index contributed by atoms with van der Waals surface area (Å²) in [5.41, 5.74) is 1.91. The molecule has 0 unspecified atom stereocenters. The van der Waals surface area contributed by atoms with Gasteiger partial charge >= 0.3 is 0 Å². The lowest BCUT2D eigenvalue weighted by Crippen LogP contribution is -2.36. The average molecular weight is 380 g/mol. The van der Waals surface area contributed by atoms with Crippen molar-refractivity contribution >= 4 is 28.8 Å². The van der Waals surface area contributed by atoms with E-state index >= 15 is 0 Å². The lowest BCUT2D eigenvalue weighted by molar-refractivity contribution is 0.0736. The van der Waals surface area contributed by atoms with Gasteiger partial charge < -0.3 is 9.80 Å². The van der Waals surface area contributed by atoms with E-state index in [-0.39, 0.29) is 5.91 Å². The van der Waals surface area contributed by atoms with E-state index in [0.29, 0.717) is 18.1 Å². The highest BCUT2D eigenvalue weighted by molar-refractivity contribution is 7.13. The molecule has 2 aromatic rings. The lowest BCUT2D eigenvalue weighted by atomic mass is 10.2. The third-order valence-electron chi connectivity index (χ3n) is 3.89. The van der Waals surface area contributed by atoms with E-state index in [0.717, 1.165) is 40.5 Å². The number of thiazole rings is 1. The minimum Gasteiger partial charge on any atom is -0.332 e. The summed E-state index contributed by atoms with van der Waals surface area (Å²) in [4.78, 5) is 22.4. The summed E-state index contributed by atoms with van der Waals surface area (Å²) in [7, 11) is 4.03. The molecule has 1 heterocycles. The molecular weight excluding hydrogens is 354 g/mol. The predicted molar refractivity (Wildman–Crippen MR) is 106 cm³/mol. The number of halogens is 1. The number of nitrogens with zero attached hydrogens (tertiary/aromatic N) is 3. The monoisotopic (exact) mass is 379 g/mol. The van der Waals surface area contributed by atoms with Gasteiger partial charge in [-0.15, -0.1) is 11.3 Å². The number of rotatable bonds is 8. The number of hydrogen-bond acceptors (Lipinski definition) is 4. The van der Waals surface area contributed by atoms with Gasteiger partial charge in [-0.2, -0.15) is 0 Å². The van der Waals surface area contributed by atoms with Gasteiger partial charge in [-0.3, -0.25) is 4.79 Å². The van der Waals surface area contributed by atoms with Gasteiger partial charge in [-0.05, 0) is 51.6 Å². The first-order chi connectivity index (χ1) is 11.9. The third-order valence-corrected chi connectivity index (χ3v) is 5.35. The molecule has 0 saturated heterocycles. The fourth-order valence-electron chi connectivity index (χ4n) is 2.50. The Morgan fingerprint density at radius 1 is 1.20 bits per heavy atom. The van der Waals surface area contributed by atoms with Gasteiger partial charge in [0.15, 0.2) is 0 Å². The van der Waals surface area contributed by atoms with Crippen molar-refractivity contribution in [3.05, 3.63) is 50.4 Å². The molecule has 0 aliphatic carbocycles. The minimum atomic E-state index is 0.0640. The molecule has 25 heavy (non-hydrogen) atoms. The molecule has 0 N–H and O–H groups in total. The highest BCUT2D eigenvalue weighted by atomic mass is 35.5. The summed E-state index contributed by atoms with van der Waals surface area (Å²) in [6.07, 6.45) is 1.96. The van der Waals surface area contributed by atoms with Crippen molar-refractivity contribution < 1.29 is 4.79 Å². The number of aromatic nitrogens is 1. The van der Waals surface area contributed by atoms with E-state index in [4.69, 9.17) is 11.6 Å². The second-order valence-corrected chi connectivity index (χ2v) is 7.95. The summed E-state index contributed by atoms with van der Waals surface area (Å²) in [5, 5.41) is 1.75. The maximum Gasteiger partial charge on any atom is 0.266 e. The van der Waals surface area contributed by atoms with E-state index in [2.05, 4.69) is 16.8 Å². The number of carbonyl (C=O) groups is 1. The van der Waals surface area contributed by atoms with Crippen molar-refractivity contribution in [3.63, 3.8) is 0 Å². The van der Waals surface area contributed by atoms with Crippen LogP contribution in [0.1, 0.15) is 39.3 Å². The largest absolute Gasteiger partial charge is 0.332 e. The number of amides is 1. The van der Waals surface area contributed by atoms with E-state index in [9.17, 15) is 4.79 Å². The van der Waals surface area contributed by atoms with Gasteiger partial charge in [0.2, 0.25) is 0 Å². The zero-order valence-electron chi connectivity index (χ0n) is 15.4. The van der Waals surface area contributed by atoms with E-state index in [1.807, 2.05) is 50.2 Å². The lowest BCUT2D eigenvalue weighted by Gasteiger charge is -2.24. The summed E-state index contributed by atoms with van der Waals surface area (Å²) in [6.45, 7) is 6.12. The zero-order chi connectivity index (χ0) is 18.4. The van der Waals surface area contributed by atoms with E-state index in [1.54, 1.807) is 0 Å². The second kappa shape index (κ2) is 9.32. The van der Waals surface area contributed by atoms with Gasteiger partial charge in [0.05, 0.1) is 10.7 Å². The van der Waals surface area contributed by atoms with Crippen LogP contribution >= 0.6 is 22.9 Å². The molecule has 1 aromatic heterocycles. The molecule has 1 aromatic carbocycles. The van der Waals surface area contributed by atoms with Gasteiger partial charge in [-0.25, -0.2) is 4.98 Å². The van der Waals surface area contributed by atoms with Crippen molar-refractivity contribution in [2.24, 2.45) is 0 Å². The van der Waals surface area contributed by atoms with Gasteiger partial charge in [0.25, 0.3) is 5.91 Å². The Morgan fingerprint density at radius 2 is 1.88 bits per heavy atom. The maximum atomic E-state index is 13.1. The van der Waals surface area contributed by atoms with Crippen molar-refractivity contribution in [1.29, 1.82) is 0 Å². The van der Waals surface area contributed by atoms with E-state index < -0.39 is 0 Å². The van der Waals surface area contributed by atoms with Crippen LogP contribution in [0.2, 0.25) is 5.02 Å². The molecule has 6 heteroatoms. The van der Waals surface area contributed by atoms with Crippen LogP contribution in [0.5, 0.6) is 0 Å². The van der Waals surface area contributed by atoms with Crippen LogP contribution in [0.4, 0.5) is 0 Å². The maximum absolute atomic E-state index is 13.1. The Morgan fingerprint density at radius 3 is 2.48 bits per heavy atom. The predicted octanol–water partition coefficient (Wildman–Crippen LogP) is 4.26. The SMILES string of the molecule is CCCc1nc(C)c(C(=O)N(CCN(C)C)Cc2ccc(Cl)cc2)s1. The molecule has 0 spiro atoms. The Kier molecular flexibility index (Phi) is 7.41. The second-order valence-electron chi connectivity index (χ2n) is 6.43. The number of hydrogen-bond donors (Lipinski definition) is 0. The summed E-state index contributed by atoms with van der Waals surface area (Å²) < 4.78 is 0. The molecule has 2 rings (SSSR count). The molecule has 4 nitrogen and oxygen atoms in total. The Balaban J connectivity index is 2.21. The minimum absolute atomic E-state index is 0.0640. The fourth-order valence-corrected chi connectivity index (χ4v) is 3.76. The van der Waals surface area contributed by atoms with Gasteiger partial charge in [0, 0.05) is 24.7 Å². The normalized spacial score (nSPS) is 11.1.